The summed E-state index contributed by atoms with van der Waals surface area (Å²) in [5.41, 5.74) is 6.01. The zero-order valence-corrected chi connectivity index (χ0v) is 23.1. The summed E-state index contributed by atoms with van der Waals surface area (Å²) in [6.45, 7) is 0.650. The Kier molecular flexibility index (Phi) is 8.19. The molecule has 40 heavy (non-hydrogen) atoms. The second-order valence-electron chi connectivity index (χ2n) is 9.43. The molecule has 0 spiro atoms. The van der Waals surface area contributed by atoms with Crippen molar-refractivity contribution in [2.45, 2.75) is 31.7 Å². The summed E-state index contributed by atoms with van der Waals surface area (Å²) >= 11 is 1.44. The van der Waals surface area contributed by atoms with Gasteiger partial charge in [0.2, 0.25) is 0 Å². The summed E-state index contributed by atoms with van der Waals surface area (Å²) < 4.78 is 63.0. The molecule has 7 nitrogen and oxygen atoms in total. The number of carbonyl (C=O) groups is 1. The van der Waals surface area contributed by atoms with Crippen molar-refractivity contribution in [1.29, 1.82) is 0 Å². The second-order valence-corrected chi connectivity index (χ2v) is 10.5. The smallest absolute Gasteiger partial charge is 0.368 e. The topological polar surface area (TPSA) is 95.1 Å². The Balaban J connectivity index is 1.51. The van der Waals surface area contributed by atoms with E-state index in [1.54, 1.807) is 36.7 Å². The molecule has 0 saturated heterocycles. The largest absolute Gasteiger partial charge is 0.436 e. The highest BCUT2D eigenvalue weighted by atomic mass is 127. The van der Waals surface area contributed by atoms with Crippen LogP contribution in [-0.2, 0) is 17.5 Å². The lowest BCUT2D eigenvalue weighted by Crippen LogP contribution is -2.19. The third-order valence-corrected chi connectivity index (χ3v) is 7.45. The van der Waals surface area contributed by atoms with Crippen LogP contribution >= 0.6 is 22.6 Å². The molecule has 0 aliphatic heterocycles. The normalized spacial score (nSPS) is 14.2. The molecule has 3 N–H and O–H groups in total. The molecular formula is C28H24F4IN5O2. The second kappa shape index (κ2) is 11.6. The van der Waals surface area contributed by atoms with E-state index >= 15 is 0 Å². The van der Waals surface area contributed by atoms with Crippen molar-refractivity contribution in [2.24, 2.45) is 11.7 Å². The summed E-state index contributed by atoms with van der Waals surface area (Å²) in [6, 6.07) is 14.1. The van der Waals surface area contributed by atoms with Crippen LogP contribution in [0.25, 0.3) is 5.69 Å². The number of nitrogens with two attached hydrogens (primary N) is 1. The molecule has 1 unspecified atom stereocenters. The quantitative estimate of drug-likeness (QED) is 0.163. The van der Waals surface area contributed by atoms with Gasteiger partial charge in [0.05, 0.1) is 21.6 Å². The van der Waals surface area contributed by atoms with Gasteiger partial charge >= 0.3 is 6.18 Å². The molecular weight excluding hydrogens is 641 g/mol. The van der Waals surface area contributed by atoms with Crippen LogP contribution in [0.15, 0.2) is 67.0 Å². The third-order valence-electron chi connectivity index (χ3n) is 6.43. The van der Waals surface area contributed by atoms with Crippen molar-refractivity contribution in [3.05, 3.63) is 104 Å². The van der Waals surface area contributed by atoms with E-state index in [4.69, 9.17) is 10.5 Å². The first kappa shape index (κ1) is 28.2. The molecule has 1 aliphatic rings. The lowest BCUT2D eigenvalue weighted by Gasteiger charge is -2.20. The number of anilines is 1. The zero-order valence-electron chi connectivity index (χ0n) is 21.0. The standard InChI is InChI=1S/C28H24F4IN5O2/c29-21-9-8-18(25(40-15-16-6-7-16)19-4-2-10-35-14-19)12-22(21)36-27(39)24-23(33)26(28(30,31)32)37-38(24)20-5-1-3-17(11-20)13-34/h1-5,8-12,14,16,25H,6-7,13,15,34H2,(H,36,39). The molecule has 1 atom stereocenters. The van der Waals surface area contributed by atoms with Gasteiger partial charge in [-0.1, -0.05) is 24.3 Å². The predicted molar refractivity (Wildman–Crippen MR) is 148 cm³/mol. The van der Waals surface area contributed by atoms with Crippen molar-refractivity contribution in [1.82, 2.24) is 14.8 Å². The first-order valence-corrected chi connectivity index (χ1v) is 13.5. The number of rotatable bonds is 9. The van der Waals surface area contributed by atoms with Gasteiger partial charge in [0.1, 0.15) is 17.6 Å². The Morgan fingerprint density at radius 1 is 1.15 bits per heavy atom. The lowest BCUT2D eigenvalue weighted by molar-refractivity contribution is -0.142. The Labute approximate surface area is 240 Å². The van der Waals surface area contributed by atoms with Gasteiger partial charge in [-0.3, -0.25) is 9.78 Å². The molecule has 2 aromatic carbocycles. The molecule has 4 aromatic rings. The first-order chi connectivity index (χ1) is 19.2. The van der Waals surface area contributed by atoms with Crippen molar-refractivity contribution in [2.75, 3.05) is 11.9 Å². The molecule has 12 heteroatoms. The number of nitrogens with zero attached hydrogens (tertiary/aromatic N) is 3. The summed E-state index contributed by atoms with van der Waals surface area (Å²) in [7, 11) is 0. The Morgan fingerprint density at radius 3 is 2.62 bits per heavy atom. The van der Waals surface area contributed by atoms with Gasteiger partial charge in [0.15, 0.2) is 5.69 Å². The van der Waals surface area contributed by atoms with E-state index in [1.807, 2.05) is 6.07 Å². The molecule has 1 amide bonds. The number of aromatic nitrogens is 3. The van der Waals surface area contributed by atoms with Crippen LogP contribution in [0.2, 0.25) is 0 Å². The number of amides is 1. The van der Waals surface area contributed by atoms with Crippen molar-refractivity contribution in [3.8, 4) is 5.69 Å². The maximum atomic E-state index is 15.0. The highest BCUT2D eigenvalue weighted by Crippen LogP contribution is 2.36. The van der Waals surface area contributed by atoms with E-state index in [9.17, 15) is 22.4 Å². The van der Waals surface area contributed by atoms with Crippen LogP contribution in [0, 0.1) is 15.3 Å². The lowest BCUT2D eigenvalue weighted by atomic mass is 10.0. The number of ether oxygens (including phenoxy) is 1. The number of alkyl halides is 3. The van der Waals surface area contributed by atoms with Crippen molar-refractivity contribution >= 4 is 34.2 Å². The monoisotopic (exact) mass is 665 g/mol. The Morgan fingerprint density at radius 2 is 1.95 bits per heavy atom. The van der Waals surface area contributed by atoms with Crippen LogP contribution in [0.1, 0.15) is 51.8 Å². The van der Waals surface area contributed by atoms with E-state index in [2.05, 4.69) is 15.4 Å². The molecule has 2 aromatic heterocycles. The minimum atomic E-state index is -4.82. The van der Waals surface area contributed by atoms with Gasteiger partial charge in [-0.15, -0.1) is 0 Å². The number of halogens is 5. The molecule has 0 bridgehead atoms. The van der Waals surface area contributed by atoms with Gasteiger partial charge in [0.25, 0.3) is 5.91 Å². The number of hydrogen-bond donors (Lipinski definition) is 2. The van der Waals surface area contributed by atoms with Gasteiger partial charge in [-0.2, -0.15) is 18.3 Å². The molecule has 1 saturated carbocycles. The summed E-state index contributed by atoms with van der Waals surface area (Å²) in [5.74, 6) is -1.26. The van der Waals surface area contributed by atoms with Gasteiger partial charge in [0, 0.05) is 24.5 Å². The predicted octanol–water partition coefficient (Wildman–Crippen LogP) is 6.26. The van der Waals surface area contributed by atoms with E-state index in [-0.39, 0.29) is 23.6 Å². The minimum Gasteiger partial charge on any atom is -0.368 e. The van der Waals surface area contributed by atoms with Crippen LogP contribution in [0.4, 0.5) is 23.2 Å². The molecule has 2 heterocycles. The summed E-state index contributed by atoms with van der Waals surface area (Å²) in [4.78, 5) is 17.6. The SMILES string of the molecule is NCc1cccc(-n2nc(C(F)(F)F)c(I)c2C(=O)Nc2cc(C(OCC3CC3)c3cccnc3)ccc2F)c1. The molecule has 0 radical (unpaired) electrons. The van der Waals surface area contributed by atoms with Crippen LogP contribution in [0.5, 0.6) is 0 Å². The van der Waals surface area contributed by atoms with E-state index in [1.165, 1.54) is 46.9 Å². The number of carbonyl (C=O) groups excluding carboxylic acids is 1. The Bertz CT molecular complexity index is 1520. The third kappa shape index (κ3) is 6.18. The number of nitrogens with one attached hydrogen (secondary N) is 1. The van der Waals surface area contributed by atoms with Crippen LogP contribution in [0.3, 0.4) is 0 Å². The Hall–Kier alpha value is -3.36. The fourth-order valence-corrected chi connectivity index (χ4v) is 5.08. The fourth-order valence-electron chi connectivity index (χ4n) is 4.19. The van der Waals surface area contributed by atoms with Crippen molar-refractivity contribution < 1.29 is 27.1 Å². The van der Waals surface area contributed by atoms with Crippen LogP contribution in [-0.4, -0.2) is 27.3 Å². The van der Waals surface area contributed by atoms with Crippen LogP contribution < -0.4 is 11.1 Å². The number of benzene rings is 2. The molecule has 5 rings (SSSR count). The van der Waals surface area contributed by atoms with Gasteiger partial charge < -0.3 is 15.8 Å². The number of hydrogen-bond acceptors (Lipinski definition) is 5. The highest BCUT2D eigenvalue weighted by Gasteiger charge is 2.40. The highest BCUT2D eigenvalue weighted by molar-refractivity contribution is 14.1. The summed E-state index contributed by atoms with van der Waals surface area (Å²) in [5, 5.41) is 6.16. The maximum Gasteiger partial charge on any atom is 0.436 e. The average Bonchev–Trinajstić information content (AvgIpc) is 3.70. The van der Waals surface area contributed by atoms with Crippen molar-refractivity contribution in [3.63, 3.8) is 0 Å². The van der Waals surface area contributed by atoms with Gasteiger partial charge in [-0.25, -0.2) is 9.07 Å². The first-order valence-electron chi connectivity index (χ1n) is 12.4. The molecule has 208 valence electrons. The zero-order chi connectivity index (χ0) is 28.4. The summed E-state index contributed by atoms with van der Waals surface area (Å²) in [6.07, 6.45) is 0.0286. The number of pyridine rings is 1. The minimum absolute atomic E-state index is 0.138. The van der Waals surface area contributed by atoms with Gasteiger partial charge in [-0.05, 0) is 82.8 Å². The van der Waals surface area contributed by atoms with E-state index in [0.717, 1.165) is 23.1 Å². The molecule has 1 aliphatic carbocycles. The molecule has 1 fully saturated rings. The maximum absolute atomic E-state index is 15.0. The average molecular weight is 665 g/mol. The fraction of sp³-hybridized carbons (Fsp3) is 0.250. The van der Waals surface area contributed by atoms with E-state index in [0.29, 0.717) is 23.7 Å². The van der Waals surface area contributed by atoms with E-state index < -0.39 is 33.3 Å².